The Morgan fingerprint density at radius 2 is 1.85 bits per heavy atom. The van der Waals surface area contributed by atoms with Crippen LogP contribution in [0.15, 0.2) is 42.5 Å². The molecule has 0 saturated carbocycles. The molecule has 0 spiro atoms. The van der Waals surface area contributed by atoms with Crippen molar-refractivity contribution in [3.05, 3.63) is 48.0 Å². The first-order valence-electron chi connectivity index (χ1n) is 6.61. The summed E-state index contributed by atoms with van der Waals surface area (Å²) in [5, 5.41) is 2.63. The molecule has 1 aromatic carbocycles. The average molecular weight is 275 g/mol. The third-order valence-electron chi connectivity index (χ3n) is 2.31. The van der Waals surface area contributed by atoms with Gasteiger partial charge in [0.1, 0.15) is 5.60 Å². The van der Waals surface area contributed by atoms with Gasteiger partial charge in [-0.3, -0.25) is 4.79 Å². The zero-order valence-corrected chi connectivity index (χ0v) is 12.2. The number of ether oxygens (including phenoxy) is 1. The normalized spacial score (nSPS) is 11.3. The van der Waals surface area contributed by atoms with Crippen molar-refractivity contribution in [2.75, 3.05) is 6.54 Å². The Kier molecular flexibility index (Phi) is 5.97. The summed E-state index contributed by atoms with van der Waals surface area (Å²) in [5.41, 5.74) is 0.160. The second kappa shape index (κ2) is 7.48. The molecule has 0 aliphatic rings. The van der Waals surface area contributed by atoms with Crippen molar-refractivity contribution in [1.82, 2.24) is 5.32 Å². The summed E-state index contributed by atoms with van der Waals surface area (Å²) < 4.78 is 5.09. The summed E-state index contributed by atoms with van der Waals surface area (Å²) in [4.78, 5) is 23.1. The van der Waals surface area contributed by atoms with Crippen LogP contribution in [0.5, 0.6) is 0 Å². The molecule has 0 aliphatic carbocycles. The smallest absolute Gasteiger partial charge is 0.407 e. The molecule has 1 N–H and O–H groups in total. The minimum atomic E-state index is -0.497. The number of benzene rings is 1. The number of ketones is 1. The molecule has 108 valence electrons. The van der Waals surface area contributed by atoms with Gasteiger partial charge in [-0.15, -0.1) is 0 Å². The summed E-state index contributed by atoms with van der Waals surface area (Å²) in [5.74, 6) is -0.0390. The molecular weight excluding hydrogens is 254 g/mol. The quantitative estimate of drug-likeness (QED) is 0.509. The standard InChI is InChI=1S/C16H21NO3/c1-16(2,3)20-15(19)17-12-8-7-11-14(18)13-9-5-4-6-10-13/h4-7,9-11H,8,12H2,1-3H3,(H,17,19)/b11-7+. The fourth-order valence-electron chi connectivity index (χ4n) is 1.46. The van der Waals surface area contributed by atoms with Gasteiger partial charge < -0.3 is 10.1 Å². The van der Waals surface area contributed by atoms with E-state index in [0.29, 0.717) is 18.5 Å². The van der Waals surface area contributed by atoms with E-state index in [1.165, 1.54) is 6.08 Å². The van der Waals surface area contributed by atoms with E-state index >= 15 is 0 Å². The SMILES string of the molecule is CC(C)(C)OC(=O)NCC/C=C/C(=O)c1ccccc1. The van der Waals surface area contributed by atoms with Crippen LogP contribution in [0.25, 0.3) is 0 Å². The third-order valence-corrected chi connectivity index (χ3v) is 2.31. The van der Waals surface area contributed by atoms with Gasteiger partial charge in [0.2, 0.25) is 0 Å². The van der Waals surface area contributed by atoms with E-state index in [-0.39, 0.29) is 5.78 Å². The molecule has 0 aromatic heterocycles. The predicted octanol–water partition coefficient (Wildman–Crippen LogP) is 3.34. The highest BCUT2D eigenvalue weighted by Crippen LogP contribution is 2.06. The zero-order chi connectivity index (χ0) is 15.0. The van der Waals surface area contributed by atoms with E-state index in [1.54, 1.807) is 18.2 Å². The van der Waals surface area contributed by atoms with E-state index in [9.17, 15) is 9.59 Å². The Morgan fingerprint density at radius 1 is 1.20 bits per heavy atom. The zero-order valence-electron chi connectivity index (χ0n) is 12.2. The number of alkyl carbamates (subject to hydrolysis) is 1. The fraction of sp³-hybridized carbons (Fsp3) is 0.375. The highest BCUT2D eigenvalue weighted by atomic mass is 16.6. The van der Waals surface area contributed by atoms with Crippen molar-refractivity contribution in [3.8, 4) is 0 Å². The van der Waals surface area contributed by atoms with Crippen LogP contribution in [0, 0.1) is 0 Å². The van der Waals surface area contributed by atoms with Crippen LogP contribution in [0.2, 0.25) is 0 Å². The first kappa shape index (κ1) is 16.0. The lowest BCUT2D eigenvalue weighted by molar-refractivity contribution is 0.0529. The fourth-order valence-corrected chi connectivity index (χ4v) is 1.46. The summed E-state index contributed by atoms with van der Waals surface area (Å²) in [7, 11) is 0. The predicted molar refractivity (Wildman–Crippen MR) is 78.8 cm³/mol. The minimum Gasteiger partial charge on any atom is -0.444 e. The maximum Gasteiger partial charge on any atom is 0.407 e. The lowest BCUT2D eigenvalue weighted by Gasteiger charge is -2.19. The van der Waals surface area contributed by atoms with Crippen molar-refractivity contribution < 1.29 is 14.3 Å². The number of nitrogens with one attached hydrogen (secondary N) is 1. The molecule has 0 saturated heterocycles. The highest BCUT2D eigenvalue weighted by molar-refractivity contribution is 6.04. The van der Waals surface area contributed by atoms with Gasteiger partial charge in [-0.1, -0.05) is 36.4 Å². The van der Waals surface area contributed by atoms with Crippen LogP contribution >= 0.6 is 0 Å². The number of hydrogen-bond acceptors (Lipinski definition) is 3. The van der Waals surface area contributed by atoms with E-state index in [1.807, 2.05) is 39.0 Å². The van der Waals surface area contributed by atoms with Gasteiger partial charge in [-0.2, -0.15) is 0 Å². The molecule has 0 heterocycles. The Labute approximate surface area is 119 Å². The van der Waals surface area contributed by atoms with E-state index in [0.717, 1.165) is 0 Å². The molecule has 0 fully saturated rings. The topological polar surface area (TPSA) is 55.4 Å². The molecule has 4 heteroatoms. The number of amides is 1. The largest absolute Gasteiger partial charge is 0.444 e. The van der Waals surface area contributed by atoms with Gasteiger partial charge in [0, 0.05) is 12.1 Å². The van der Waals surface area contributed by atoms with Crippen LogP contribution in [-0.2, 0) is 4.74 Å². The van der Waals surface area contributed by atoms with Gasteiger partial charge in [0.05, 0.1) is 0 Å². The van der Waals surface area contributed by atoms with Crippen molar-refractivity contribution in [3.63, 3.8) is 0 Å². The van der Waals surface area contributed by atoms with Gasteiger partial charge in [0.25, 0.3) is 0 Å². The van der Waals surface area contributed by atoms with Crippen LogP contribution in [0.4, 0.5) is 4.79 Å². The van der Waals surface area contributed by atoms with Crippen LogP contribution in [0.3, 0.4) is 0 Å². The molecule has 0 atom stereocenters. The average Bonchev–Trinajstić information content (AvgIpc) is 2.37. The maximum atomic E-state index is 11.7. The summed E-state index contributed by atoms with van der Waals surface area (Å²) in [6, 6.07) is 9.05. The van der Waals surface area contributed by atoms with Crippen molar-refractivity contribution >= 4 is 11.9 Å². The van der Waals surface area contributed by atoms with Gasteiger partial charge >= 0.3 is 6.09 Å². The third kappa shape index (κ3) is 6.73. The highest BCUT2D eigenvalue weighted by Gasteiger charge is 2.15. The first-order valence-corrected chi connectivity index (χ1v) is 6.61. The number of allylic oxidation sites excluding steroid dienone is 1. The molecule has 1 aromatic rings. The molecular formula is C16H21NO3. The van der Waals surface area contributed by atoms with Crippen LogP contribution in [0.1, 0.15) is 37.6 Å². The molecule has 0 unspecified atom stereocenters. The summed E-state index contributed by atoms with van der Waals surface area (Å²) in [6.07, 6.45) is 3.40. The van der Waals surface area contributed by atoms with Crippen molar-refractivity contribution in [1.29, 1.82) is 0 Å². The molecule has 1 rings (SSSR count). The number of rotatable bonds is 5. The van der Waals surface area contributed by atoms with E-state index in [4.69, 9.17) is 4.74 Å². The lowest BCUT2D eigenvalue weighted by atomic mass is 10.1. The second-order valence-electron chi connectivity index (χ2n) is 5.35. The number of carbonyl (C=O) groups excluding carboxylic acids is 2. The monoisotopic (exact) mass is 275 g/mol. The molecule has 1 amide bonds. The van der Waals surface area contributed by atoms with Crippen LogP contribution < -0.4 is 5.32 Å². The van der Waals surface area contributed by atoms with Crippen LogP contribution in [-0.4, -0.2) is 24.0 Å². The minimum absolute atomic E-state index is 0.0390. The van der Waals surface area contributed by atoms with Crippen molar-refractivity contribution in [2.24, 2.45) is 0 Å². The molecule has 0 radical (unpaired) electrons. The van der Waals surface area contributed by atoms with E-state index < -0.39 is 11.7 Å². The van der Waals surface area contributed by atoms with Gasteiger partial charge in [-0.05, 0) is 33.3 Å². The van der Waals surface area contributed by atoms with Crippen molar-refractivity contribution in [2.45, 2.75) is 32.8 Å². The molecule has 0 aliphatic heterocycles. The second-order valence-corrected chi connectivity index (χ2v) is 5.35. The van der Waals surface area contributed by atoms with Gasteiger partial charge in [0.15, 0.2) is 5.78 Å². The van der Waals surface area contributed by atoms with E-state index in [2.05, 4.69) is 5.32 Å². The molecule has 0 bridgehead atoms. The number of carbonyl (C=O) groups is 2. The number of hydrogen-bond donors (Lipinski definition) is 1. The molecule has 4 nitrogen and oxygen atoms in total. The van der Waals surface area contributed by atoms with Gasteiger partial charge in [-0.25, -0.2) is 4.79 Å². The summed E-state index contributed by atoms with van der Waals surface area (Å²) in [6.45, 7) is 5.87. The maximum absolute atomic E-state index is 11.7. The molecule has 20 heavy (non-hydrogen) atoms. The Balaban J connectivity index is 2.26. The Bertz CT molecular complexity index is 472. The lowest BCUT2D eigenvalue weighted by Crippen LogP contribution is -2.32. The first-order chi connectivity index (χ1) is 9.38. The summed E-state index contributed by atoms with van der Waals surface area (Å²) >= 11 is 0. The Hall–Kier alpha value is -2.10. The Morgan fingerprint density at radius 3 is 2.45 bits per heavy atom.